The minimum atomic E-state index is -0.971. The molecule has 0 bridgehead atoms. The number of carboxylic acid groups (broad SMARTS) is 1. The van der Waals surface area contributed by atoms with Crippen molar-refractivity contribution < 1.29 is 9.90 Å². The fourth-order valence-electron chi connectivity index (χ4n) is 1.81. The second kappa shape index (κ2) is 3.96. The summed E-state index contributed by atoms with van der Waals surface area (Å²) in [6.45, 7) is 4.04. The van der Waals surface area contributed by atoms with Gasteiger partial charge in [-0.3, -0.25) is 0 Å². The molecule has 0 radical (unpaired) electrons. The molecule has 0 fully saturated rings. The van der Waals surface area contributed by atoms with Crippen LogP contribution in [0.4, 0.5) is 0 Å². The summed E-state index contributed by atoms with van der Waals surface area (Å²) >= 11 is 0. The predicted molar refractivity (Wildman–Crippen MR) is 60.9 cm³/mol. The van der Waals surface area contributed by atoms with Crippen molar-refractivity contribution >= 4 is 11.5 Å². The maximum absolute atomic E-state index is 11.0. The Balaban J connectivity index is 2.74. The van der Waals surface area contributed by atoms with Crippen molar-refractivity contribution in [1.82, 2.24) is 9.38 Å². The second-order valence-corrected chi connectivity index (χ2v) is 3.68. The lowest BCUT2D eigenvalue weighted by Gasteiger charge is -2.01. The van der Waals surface area contributed by atoms with Crippen molar-refractivity contribution in [3.8, 4) is 0 Å². The molecule has 0 aliphatic carbocycles. The molecule has 4 heteroatoms. The molecule has 0 saturated carbocycles. The fourth-order valence-corrected chi connectivity index (χ4v) is 1.81. The molecule has 0 amide bonds. The number of carbonyl (C=O) groups is 1. The number of rotatable bonds is 3. The Morgan fingerprint density at radius 3 is 2.69 bits per heavy atom. The summed E-state index contributed by atoms with van der Waals surface area (Å²) in [4.78, 5) is 15.2. The molecule has 0 aliphatic rings. The van der Waals surface area contributed by atoms with Crippen LogP contribution in [-0.2, 0) is 12.8 Å². The van der Waals surface area contributed by atoms with Crippen molar-refractivity contribution in [2.24, 2.45) is 0 Å². The standard InChI is InChI=1S/C12H14N2O2/c1-3-8-5-6-9-11(12(15)16)13-10(4-2)14(9)7-8/h5-7H,3-4H2,1-2H3,(H,15,16). The Labute approximate surface area is 93.5 Å². The van der Waals surface area contributed by atoms with E-state index in [1.165, 1.54) is 5.56 Å². The monoisotopic (exact) mass is 218 g/mol. The number of hydrogen-bond donors (Lipinski definition) is 1. The number of aromatic nitrogens is 2. The topological polar surface area (TPSA) is 54.6 Å². The average Bonchev–Trinajstić information content (AvgIpc) is 2.66. The van der Waals surface area contributed by atoms with Crippen LogP contribution in [0.1, 0.15) is 35.7 Å². The number of pyridine rings is 1. The van der Waals surface area contributed by atoms with Gasteiger partial charge in [0, 0.05) is 12.6 Å². The van der Waals surface area contributed by atoms with Crippen molar-refractivity contribution in [2.75, 3.05) is 0 Å². The zero-order chi connectivity index (χ0) is 11.7. The van der Waals surface area contributed by atoms with Gasteiger partial charge in [-0.05, 0) is 18.1 Å². The SMILES string of the molecule is CCc1ccc2c(C(=O)O)nc(CC)n2c1. The number of fused-ring (bicyclic) bond motifs is 1. The molecular formula is C12H14N2O2. The number of hydrogen-bond acceptors (Lipinski definition) is 2. The molecule has 1 N–H and O–H groups in total. The van der Waals surface area contributed by atoms with Gasteiger partial charge in [0.15, 0.2) is 5.69 Å². The molecule has 4 nitrogen and oxygen atoms in total. The zero-order valence-corrected chi connectivity index (χ0v) is 9.40. The van der Waals surface area contributed by atoms with Crippen LogP contribution in [0.3, 0.4) is 0 Å². The molecule has 84 valence electrons. The van der Waals surface area contributed by atoms with Gasteiger partial charge in [-0.1, -0.05) is 19.9 Å². The average molecular weight is 218 g/mol. The van der Waals surface area contributed by atoms with Crippen molar-refractivity contribution in [3.05, 3.63) is 35.4 Å². The Morgan fingerprint density at radius 2 is 2.12 bits per heavy atom. The largest absolute Gasteiger partial charge is 0.476 e. The van der Waals surface area contributed by atoms with E-state index in [9.17, 15) is 4.79 Å². The van der Waals surface area contributed by atoms with Crippen molar-refractivity contribution in [1.29, 1.82) is 0 Å². The van der Waals surface area contributed by atoms with Crippen molar-refractivity contribution in [2.45, 2.75) is 26.7 Å². The Bertz CT molecular complexity index is 543. The highest BCUT2D eigenvalue weighted by molar-refractivity contribution is 5.93. The van der Waals surface area contributed by atoms with Gasteiger partial charge in [0.25, 0.3) is 0 Å². The molecule has 0 aromatic carbocycles. The van der Waals surface area contributed by atoms with Gasteiger partial charge < -0.3 is 9.51 Å². The smallest absolute Gasteiger partial charge is 0.356 e. The summed E-state index contributed by atoms with van der Waals surface area (Å²) in [5, 5.41) is 9.04. The first-order valence-corrected chi connectivity index (χ1v) is 5.40. The summed E-state index contributed by atoms with van der Waals surface area (Å²) in [6, 6.07) is 3.78. The highest BCUT2D eigenvalue weighted by Crippen LogP contribution is 2.15. The predicted octanol–water partition coefficient (Wildman–Crippen LogP) is 2.16. The maximum atomic E-state index is 11.0. The first-order valence-electron chi connectivity index (χ1n) is 5.40. The molecule has 2 aromatic heterocycles. The fraction of sp³-hybridized carbons (Fsp3) is 0.333. The molecule has 0 saturated heterocycles. The summed E-state index contributed by atoms with van der Waals surface area (Å²) in [6.07, 6.45) is 3.62. The molecule has 0 spiro atoms. The van der Waals surface area contributed by atoms with Gasteiger partial charge in [0.1, 0.15) is 5.82 Å². The molecule has 0 aliphatic heterocycles. The summed E-state index contributed by atoms with van der Waals surface area (Å²) in [5.74, 6) is -0.177. The van der Waals surface area contributed by atoms with E-state index in [1.54, 1.807) is 0 Å². The summed E-state index contributed by atoms with van der Waals surface area (Å²) < 4.78 is 1.88. The van der Waals surface area contributed by atoms with E-state index in [4.69, 9.17) is 5.11 Å². The van der Waals surface area contributed by atoms with Crippen LogP contribution in [0.25, 0.3) is 5.52 Å². The minimum absolute atomic E-state index is 0.138. The molecular weight excluding hydrogens is 204 g/mol. The molecule has 2 aromatic rings. The Kier molecular flexibility index (Phi) is 2.64. The van der Waals surface area contributed by atoms with Gasteiger partial charge >= 0.3 is 5.97 Å². The number of imidazole rings is 1. The van der Waals surface area contributed by atoms with Crippen LogP contribution in [0.5, 0.6) is 0 Å². The highest BCUT2D eigenvalue weighted by atomic mass is 16.4. The van der Waals surface area contributed by atoms with Gasteiger partial charge in [-0.25, -0.2) is 9.78 Å². The molecule has 0 atom stereocenters. The van der Waals surface area contributed by atoms with Crippen LogP contribution in [0, 0.1) is 0 Å². The van der Waals surface area contributed by atoms with E-state index >= 15 is 0 Å². The third-order valence-corrected chi connectivity index (χ3v) is 2.70. The number of nitrogens with zero attached hydrogens (tertiary/aromatic N) is 2. The molecule has 2 heterocycles. The van der Waals surface area contributed by atoms with Gasteiger partial charge in [0.05, 0.1) is 5.52 Å². The van der Waals surface area contributed by atoms with Crippen LogP contribution < -0.4 is 0 Å². The lowest BCUT2D eigenvalue weighted by atomic mass is 10.2. The number of aromatic carboxylic acids is 1. The van der Waals surface area contributed by atoms with E-state index < -0.39 is 5.97 Å². The van der Waals surface area contributed by atoms with Gasteiger partial charge in [-0.2, -0.15) is 0 Å². The van der Waals surface area contributed by atoms with Crippen LogP contribution in [0.2, 0.25) is 0 Å². The second-order valence-electron chi connectivity index (χ2n) is 3.68. The lowest BCUT2D eigenvalue weighted by Crippen LogP contribution is -1.97. The molecule has 0 unspecified atom stereocenters. The summed E-state index contributed by atoms with van der Waals surface area (Å²) in [7, 11) is 0. The first-order chi connectivity index (χ1) is 7.67. The molecule has 16 heavy (non-hydrogen) atoms. The Hall–Kier alpha value is -1.84. The van der Waals surface area contributed by atoms with E-state index in [0.29, 0.717) is 5.52 Å². The van der Waals surface area contributed by atoms with E-state index in [-0.39, 0.29) is 5.69 Å². The first kappa shape index (κ1) is 10.7. The van der Waals surface area contributed by atoms with Crippen molar-refractivity contribution in [3.63, 3.8) is 0 Å². The van der Waals surface area contributed by atoms with E-state index in [0.717, 1.165) is 18.7 Å². The Morgan fingerprint density at radius 1 is 1.38 bits per heavy atom. The number of carboxylic acids is 1. The summed E-state index contributed by atoms with van der Waals surface area (Å²) in [5.41, 5.74) is 1.98. The minimum Gasteiger partial charge on any atom is -0.476 e. The van der Waals surface area contributed by atoms with E-state index in [2.05, 4.69) is 11.9 Å². The van der Waals surface area contributed by atoms with Gasteiger partial charge in [-0.15, -0.1) is 0 Å². The maximum Gasteiger partial charge on any atom is 0.356 e. The van der Waals surface area contributed by atoms with Gasteiger partial charge in [0.2, 0.25) is 0 Å². The normalized spacial score (nSPS) is 10.9. The van der Waals surface area contributed by atoms with Crippen LogP contribution >= 0.6 is 0 Å². The quantitative estimate of drug-likeness (QED) is 0.858. The third-order valence-electron chi connectivity index (χ3n) is 2.70. The molecule has 2 rings (SSSR count). The zero-order valence-electron chi connectivity index (χ0n) is 9.40. The highest BCUT2D eigenvalue weighted by Gasteiger charge is 2.15. The number of aryl methyl sites for hydroxylation is 2. The van der Waals surface area contributed by atoms with Crippen LogP contribution in [-0.4, -0.2) is 20.5 Å². The van der Waals surface area contributed by atoms with Crippen LogP contribution in [0.15, 0.2) is 18.3 Å². The third kappa shape index (κ3) is 1.56. The van der Waals surface area contributed by atoms with E-state index in [1.807, 2.05) is 29.7 Å². The lowest BCUT2D eigenvalue weighted by molar-refractivity contribution is 0.0693.